The van der Waals surface area contributed by atoms with Crippen LogP contribution in [0.2, 0.25) is 0 Å². The highest BCUT2D eigenvalue weighted by Gasteiger charge is 2.27. The van der Waals surface area contributed by atoms with Crippen LogP contribution in [0.1, 0.15) is 66.9 Å². The summed E-state index contributed by atoms with van der Waals surface area (Å²) >= 11 is 0. The number of benzene rings is 2. The third kappa shape index (κ3) is 5.06. The molecule has 5 nitrogen and oxygen atoms in total. The fourth-order valence-corrected chi connectivity index (χ4v) is 3.18. The van der Waals surface area contributed by atoms with Crippen molar-refractivity contribution in [1.82, 2.24) is 10.2 Å². The fraction of sp³-hybridized carbons (Fsp3) is 0.348. The Morgan fingerprint density at radius 3 is 1.75 bits per heavy atom. The van der Waals surface area contributed by atoms with Crippen molar-refractivity contribution in [3.63, 3.8) is 0 Å². The van der Waals surface area contributed by atoms with Crippen molar-refractivity contribution in [3.05, 3.63) is 71.3 Å². The second kappa shape index (κ2) is 9.31. The maximum Gasteiger partial charge on any atom is 0.295 e. The predicted molar refractivity (Wildman–Crippen MR) is 110 cm³/mol. The maximum absolute atomic E-state index is 12.5. The van der Waals surface area contributed by atoms with Gasteiger partial charge < -0.3 is 10.2 Å². The van der Waals surface area contributed by atoms with Gasteiger partial charge in [0, 0.05) is 23.2 Å². The summed E-state index contributed by atoms with van der Waals surface area (Å²) in [6.07, 6.45) is 0. The number of rotatable bonds is 7. The number of nitrogens with one attached hydrogen (secondary N) is 1. The number of carbonyl (C=O) groups excluding carboxylic acids is 3. The Morgan fingerprint density at radius 2 is 1.25 bits per heavy atom. The summed E-state index contributed by atoms with van der Waals surface area (Å²) in [5.74, 6) is -1.32. The first-order valence-corrected chi connectivity index (χ1v) is 9.55. The third-order valence-electron chi connectivity index (χ3n) is 4.60. The SMILES string of the molecule is CC(C)N(C(=O)C(=O)c1ccc(C(=O)N[C@H](C)c2ccccc2)cc1)C(C)C. The normalized spacial score (nSPS) is 12.0. The van der Waals surface area contributed by atoms with Crippen LogP contribution < -0.4 is 5.32 Å². The number of hydrogen-bond donors (Lipinski definition) is 1. The van der Waals surface area contributed by atoms with Gasteiger partial charge in [-0.15, -0.1) is 0 Å². The van der Waals surface area contributed by atoms with Gasteiger partial charge in [0.05, 0.1) is 6.04 Å². The molecule has 2 rings (SSSR count). The van der Waals surface area contributed by atoms with Crippen LogP contribution in [-0.2, 0) is 4.79 Å². The Kier molecular flexibility index (Phi) is 7.10. The summed E-state index contributed by atoms with van der Waals surface area (Å²) in [7, 11) is 0. The molecule has 0 aliphatic heterocycles. The molecule has 0 aliphatic rings. The number of nitrogens with zero attached hydrogens (tertiary/aromatic N) is 1. The fourth-order valence-electron chi connectivity index (χ4n) is 3.18. The second-order valence-electron chi connectivity index (χ2n) is 7.41. The number of ketones is 1. The summed E-state index contributed by atoms with van der Waals surface area (Å²) in [6, 6.07) is 15.6. The lowest BCUT2D eigenvalue weighted by Crippen LogP contribution is -2.45. The molecule has 28 heavy (non-hydrogen) atoms. The first-order valence-electron chi connectivity index (χ1n) is 9.55. The molecule has 0 spiro atoms. The summed E-state index contributed by atoms with van der Waals surface area (Å²) in [4.78, 5) is 39.1. The molecule has 148 valence electrons. The van der Waals surface area contributed by atoms with Crippen LogP contribution in [-0.4, -0.2) is 34.6 Å². The van der Waals surface area contributed by atoms with Crippen molar-refractivity contribution in [2.24, 2.45) is 0 Å². The van der Waals surface area contributed by atoms with Crippen LogP contribution in [0.4, 0.5) is 0 Å². The first kappa shape index (κ1) is 21.4. The van der Waals surface area contributed by atoms with Crippen molar-refractivity contribution in [2.45, 2.75) is 52.7 Å². The van der Waals surface area contributed by atoms with Crippen molar-refractivity contribution < 1.29 is 14.4 Å². The standard InChI is InChI=1S/C23H28N2O3/c1-15(2)25(16(3)4)23(28)21(26)19-11-13-20(14-12-19)22(27)24-17(5)18-9-7-6-8-10-18/h6-17H,1-5H3,(H,24,27)/t17-/m1/s1. The van der Waals surface area contributed by atoms with Crippen LogP contribution in [0.3, 0.4) is 0 Å². The van der Waals surface area contributed by atoms with Gasteiger partial charge in [-0.25, -0.2) is 0 Å². The Bertz CT molecular complexity index is 819. The van der Waals surface area contributed by atoms with Crippen molar-refractivity contribution >= 4 is 17.6 Å². The zero-order valence-corrected chi connectivity index (χ0v) is 17.1. The molecule has 0 unspecified atom stereocenters. The van der Waals surface area contributed by atoms with Crippen LogP contribution in [0.25, 0.3) is 0 Å². The zero-order valence-electron chi connectivity index (χ0n) is 17.1. The number of carbonyl (C=O) groups is 3. The molecule has 2 aromatic rings. The quantitative estimate of drug-likeness (QED) is 0.583. The molecule has 0 saturated heterocycles. The van der Waals surface area contributed by atoms with E-state index in [1.54, 1.807) is 17.0 Å². The van der Waals surface area contributed by atoms with Crippen LogP contribution in [0, 0.1) is 0 Å². The van der Waals surface area contributed by atoms with Crippen LogP contribution in [0.15, 0.2) is 54.6 Å². The average Bonchev–Trinajstić information content (AvgIpc) is 2.67. The third-order valence-corrected chi connectivity index (χ3v) is 4.60. The van der Waals surface area contributed by atoms with E-state index in [4.69, 9.17) is 0 Å². The molecular weight excluding hydrogens is 352 g/mol. The van der Waals surface area contributed by atoms with E-state index in [0.29, 0.717) is 5.56 Å². The smallest absolute Gasteiger partial charge is 0.295 e. The van der Waals surface area contributed by atoms with Crippen LogP contribution >= 0.6 is 0 Å². The molecule has 0 heterocycles. The maximum atomic E-state index is 12.5. The Hall–Kier alpha value is -2.95. The highest BCUT2D eigenvalue weighted by molar-refractivity contribution is 6.42. The average molecular weight is 380 g/mol. The molecule has 0 aliphatic carbocycles. The molecule has 0 fully saturated rings. The minimum Gasteiger partial charge on any atom is -0.346 e. The van der Waals surface area contributed by atoms with E-state index in [0.717, 1.165) is 5.56 Å². The number of amides is 2. The molecule has 0 radical (unpaired) electrons. The lowest BCUT2D eigenvalue weighted by atomic mass is 10.0. The van der Waals surface area contributed by atoms with E-state index >= 15 is 0 Å². The summed E-state index contributed by atoms with van der Waals surface area (Å²) in [5, 5.41) is 2.93. The van der Waals surface area contributed by atoms with E-state index < -0.39 is 11.7 Å². The molecular formula is C23H28N2O3. The van der Waals surface area contributed by atoms with Gasteiger partial charge in [-0.3, -0.25) is 14.4 Å². The van der Waals surface area contributed by atoms with Crippen molar-refractivity contribution in [2.75, 3.05) is 0 Å². The van der Waals surface area contributed by atoms with Crippen LogP contribution in [0.5, 0.6) is 0 Å². The number of hydrogen-bond acceptors (Lipinski definition) is 3. The van der Waals surface area contributed by atoms with Gasteiger partial charge in [-0.1, -0.05) is 42.5 Å². The van der Waals surface area contributed by atoms with Crippen molar-refractivity contribution in [1.29, 1.82) is 0 Å². The molecule has 5 heteroatoms. The Morgan fingerprint density at radius 1 is 0.750 bits per heavy atom. The monoisotopic (exact) mass is 380 g/mol. The molecule has 1 N–H and O–H groups in total. The first-order chi connectivity index (χ1) is 13.2. The zero-order chi connectivity index (χ0) is 20.8. The van der Waals surface area contributed by atoms with Gasteiger partial charge in [0.1, 0.15) is 0 Å². The molecule has 2 amide bonds. The van der Waals surface area contributed by atoms with E-state index in [1.807, 2.05) is 65.0 Å². The Balaban J connectivity index is 2.09. The summed E-state index contributed by atoms with van der Waals surface area (Å²) < 4.78 is 0. The van der Waals surface area contributed by atoms with E-state index in [9.17, 15) is 14.4 Å². The predicted octanol–water partition coefficient (Wildman–Crippen LogP) is 4.01. The lowest BCUT2D eigenvalue weighted by molar-refractivity contribution is -0.129. The molecule has 2 aromatic carbocycles. The van der Waals surface area contributed by atoms with E-state index in [-0.39, 0.29) is 29.6 Å². The van der Waals surface area contributed by atoms with Gasteiger partial charge in [-0.05, 0) is 52.3 Å². The number of Topliss-reactive ketones (excluding diaryl/α,β-unsaturated/α-hetero) is 1. The summed E-state index contributed by atoms with van der Waals surface area (Å²) in [6.45, 7) is 9.44. The minimum atomic E-state index is -0.563. The highest BCUT2D eigenvalue weighted by atomic mass is 16.2. The summed E-state index contributed by atoms with van der Waals surface area (Å²) in [5.41, 5.74) is 1.73. The molecule has 0 saturated carbocycles. The van der Waals surface area contributed by atoms with Crippen molar-refractivity contribution in [3.8, 4) is 0 Å². The van der Waals surface area contributed by atoms with Gasteiger partial charge in [0.2, 0.25) is 5.78 Å². The van der Waals surface area contributed by atoms with E-state index in [2.05, 4.69) is 5.32 Å². The molecule has 0 aromatic heterocycles. The Labute approximate surface area is 166 Å². The van der Waals surface area contributed by atoms with Gasteiger partial charge in [0.25, 0.3) is 11.8 Å². The van der Waals surface area contributed by atoms with Gasteiger partial charge in [0.15, 0.2) is 0 Å². The minimum absolute atomic E-state index is 0.0685. The van der Waals surface area contributed by atoms with Gasteiger partial charge >= 0.3 is 0 Å². The largest absolute Gasteiger partial charge is 0.346 e. The molecule has 1 atom stereocenters. The van der Waals surface area contributed by atoms with E-state index in [1.165, 1.54) is 12.1 Å². The second-order valence-corrected chi connectivity index (χ2v) is 7.41. The molecule has 0 bridgehead atoms. The van der Waals surface area contributed by atoms with Gasteiger partial charge in [-0.2, -0.15) is 0 Å². The topological polar surface area (TPSA) is 66.5 Å². The lowest BCUT2D eigenvalue weighted by Gasteiger charge is -2.30. The highest BCUT2D eigenvalue weighted by Crippen LogP contribution is 2.14.